The summed E-state index contributed by atoms with van der Waals surface area (Å²) in [6.45, 7) is 11.1. The van der Waals surface area contributed by atoms with Gasteiger partial charge in [0.1, 0.15) is 0 Å². The van der Waals surface area contributed by atoms with Gasteiger partial charge in [-0.15, -0.1) is 0 Å². The maximum absolute atomic E-state index is 13.2. The lowest BCUT2D eigenvalue weighted by molar-refractivity contribution is -0.140. The third kappa shape index (κ3) is 7.50. The highest BCUT2D eigenvalue weighted by Gasteiger charge is 2.40. The Morgan fingerprint density at radius 1 is 1.00 bits per heavy atom. The molecule has 9 heteroatoms. The molecular weight excluding hydrogens is 332 g/mol. The molecule has 0 amide bonds. The van der Waals surface area contributed by atoms with E-state index in [0.717, 1.165) is 0 Å². The second kappa shape index (κ2) is 10.8. The summed E-state index contributed by atoms with van der Waals surface area (Å²) in [5.41, 5.74) is 0. The molecule has 0 aromatic rings. The van der Waals surface area contributed by atoms with E-state index in [2.05, 4.69) is 4.74 Å². The van der Waals surface area contributed by atoms with Crippen LogP contribution in [0, 0.1) is 0 Å². The van der Waals surface area contributed by atoms with Crippen LogP contribution in [0.25, 0.3) is 0 Å². The molecule has 0 atom stereocenters. The van der Waals surface area contributed by atoms with Gasteiger partial charge in [0.15, 0.2) is 0 Å². The smallest absolute Gasteiger partial charge is 0.449 e. The lowest BCUT2D eigenvalue weighted by atomic mass is 10.4. The lowest BCUT2D eigenvalue weighted by Gasteiger charge is -2.36. The molecule has 0 unspecified atom stereocenters. The van der Waals surface area contributed by atoms with Crippen molar-refractivity contribution in [1.29, 1.82) is 0 Å². The van der Waals surface area contributed by atoms with Crippen LogP contribution in [-0.4, -0.2) is 54.3 Å². The third-order valence-corrected chi connectivity index (χ3v) is 5.40. The lowest BCUT2D eigenvalue weighted by Crippen LogP contribution is -2.31. The Balaban J connectivity index is 5.54. The number of ether oxygens (including phenoxy) is 1. The molecule has 136 valence electrons. The minimum absolute atomic E-state index is 0.00131. The summed E-state index contributed by atoms with van der Waals surface area (Å²) in [5.74, 6) is -2.38. The average Bonchev–Trinajstić information content (AvgIpc) is 2.47. The number of carbonyl (C=O) groups excluding carboxylic acids is 1. The molecule has 0 aliphatic heterocycles. The molecule has 5 nitrogen and oxygen atoms in total. The summed E-state index contributed by atoms with van der Waals surface area (Å²) >= 11 is 0. The van der Waals surface area contributed by atoms with E-state index in [1.165, 1.54) is 6.92 Å². The van der Waals surface area contributed by atoms with E-state index in [0.29, 0.717) is 32.3 Å². The Morgan fingerprint density at radius 3 is 1.74 bits per heavy atom. The molecule has 0 aliphatic rings. The van der Waals surface area contributed by atoms with Gasteiger partial charge in [-0.1, -0.05) is 27.7 Å². The van der Waals surface area contributed by atoms with Gasteiger partial charge in [-0.05, 0) is 6.92 Å². The van der Waals surface area contributed by atoms with Gasteiger partial charge in [0, 0.05) is 26.2 Å². The van der Waals surface area contributed by atoms with Crippen molar-refractivity contribution < 1.29 is 27.2 Å². The van der Waals surface area contributed by atoms with E-state index < -0.39 is 26.4 Å². The maximum atomic E-state index is 13.2. The largest absolute Gasteiger partial charge is 0.463 e. The fourth-order valence-corrected chi connectivity index (χ4v) is 3.65. The van der Waals surface area contributed by atoms with Crippen LogP contribution in [0.2, 0.25) is 0 Å². The molecule has 0 bridgehead atoms. The van der Waals surface area contributed by atoms with Crippen molar-refractivity contribution in [2.45, 2.75) is 40.8 Å². The van der Waals surface area contributed by atoms with Crippen LogP contribution in [0.5, 0.6) is 0 Å². The Labute approximate surface area is 137 Å². The Morgan fingerprint density at radius 2 is 1.43 bits per heavy atom. The van der Waals surface area contributed by atoms with Crippen molar-refractivity contribution in [2.75, 3.05) is 32.8 Å². The van der Waals surface area contributed by atoms with Crippen LogP contribution in [-0.2, 0) is 14.1 Å². The van der Waals surface area contributed by atoms with Crippen molar-refractivity contribution in [3.05, 3.63) is 11.8 Å². The van der Waals surface area contributed by atoms with Crippen LogP contribution in [0.3, 0.4) is 0 Å². The highest BCUT2D eigenvalue weighted by Crippen LogP contribution is 2.49. The first-order valence-corrected chi connectivity index (χ1v) is 8.84. The predicted octanol–water partition coefficient (Wildman–Crippen LogP) is 3.92. The third-order valence-electron chi connectivity index (χ3n) is 2.94. The van der Waals surface area contributed by atoms with Gasteiger partial charge in [-0.2, -0.15) is 13.2 Å². The zero-order valence-corrected chi connectivity index (χ0v) is 15.2. The fraction of sp³-hybridized carbons (Fsp3) is 0.786. The van der Waals surface area contributed by atoms with Gasteiger partial charge in [0.25, 0.3) is 0 Å². The van der Waals surface area contributed by atoms with Crippen LogP contribution >= 0.6 is 8.45 Å². The van der Waals surface area contributed by atoms with E-state index in [1.54, 1.807) is 0 Å². The number of carbonyl (C=O) groups is 1. The number of rotatable bonds is 10. The SMILES string of the molecule is CCOC(=O)/C=C(/OP(N(CC)CC)N(CC)CC)C(F)(F)F. The molecule has 0 spiro atoms. The number of hydrogen-bond donors (Lipinski definition) is 0. The zero-order chi connectivity index (χ0) is 18.0. The number of esters is 1. The molecule has 0 saturated carbocycles. The first-order chi connectivity index (χ1) is 10.7. The number of alkyl halides is 3. The summed E-state index contributed by atoms with van der Waals surface area (Å²) < 4.78 is 53.0. The summed E-state index contributed by atoms with van der Waals surface area (Å²) in [6.07, 6.45) is -4.38. The molecule has 0 saturated heterocycles. The number of nitrogens with zero attached hydrogens (tertiary/aromatic N) is 2. The highest BCUT2D eigenvalue weighted by molar-refractivity contribution is 7.47. The second-order valence-electron chi connectivity index (χ2n) is 4.38. The Kier molecular flexibility index (Phi) is 10.4. The number of halogens is 3. The molecule has 0 aromatic heterocycles. The van der Waals surface area contributed by atoms with Crippen LogP contribution in [0.1, 0.15) is 34.6 Å². The van der Waals surface area contributed by atoms with E-state index in [1.807, 2.05) is 37.0 Å². The predicted molar refractivity (Wildman–Crippen MR) is 84.6 cm³/mol. The molecule has 0 heterocycles. The van der Waals surface area contributed by atoms with Crippen molar-refractivity contribution in [3.8, 4) is 0 Å². The van der Waals surface area contributed by atoms with Crippen molar-refractivity contribution in [3.63, 3.8) is 0 Å². The summed E-state index contributed by atoms with van der Waals surface area (Å²) in [4.78, 5) is 11.4. The quantitative estimate of drug-likeness (QED) is 0.256. The van der Waals surface area contributed by atoms with E-state index >= 15 is 0 Å². The molecule has 0 rings (SSSR count). The van der Waals surface area contributed by atoms with Crippen molar-refractivity contribution in [2.24, 2.45) is 0 Å². The van der Waals surface area contributed by atoms with E-state index in [9.17, 15) is 18.0 Å². The Hall–Kier alpha value is -0.850. The second-order valence-corrected chi connectivity index (χ2v) is 6.20. The van der Waals surface area contributed by atoms with Crippen LogP contribution in [0.15, 0.2) is 11.8 Å². The average molecular weight is 358 g/mol. The van der Waals surface area contributed by atoms with E-state index in [-0.39, 0.29) is 6.61 Å². The van der Waals surface area contributed by atoms with Crippen LogP contribution in [0.4, 0.5) is 13.2 Å². The monoisotopic (exact) mass is 358 g/mol. The summed E-state index contributed by atoms with van der Waals surface area (Å²) in [5, 5.41) is 0. The molecule has 23 heavy (non-hydrogen) atoms. The minimum Gasteiger partial charge on any atom is -0.463 e. The number of allylic oxidation sites excluding steroid dienone is 1. The van der Waals surface area contributed by atoms with Crippen LogP contribution < -0.4 is 0 Å². The summed E-state index contributed by atoms with van der Waals surface area (Å²) in [7, 11) is -1.66. The zero-order valence-electron chi connectivity index (χ0n) is 14.3. The van der Waals surface area contributed by atoms with Crippen molar-refractivity contribution in [1.82, 2.24) is 9.34 Å². The minimum atomic E-state index is -4.76. The molecule has 0 radical (unpaired) electrons. The number of hydrogen-bond acceptors (Lipinski definition) is 5. The van der Waals surface area contributed by atoms with Gasteiger partial charge in [-0.25, -0.2) is 14.1 Å². The maximum Gasteiger partial charge on any atom is 0.449 e. The topological polar surface area (TPSA) is 42.0 Å². The standard InChI is InChI=1S/C14H26F3N2O3P/c1-6-18(7-2)23(19(8-3)9-4)22-12(14(15,16)17)11-13(20)21-10-5/h11H,6-10H2,1-5H3/b12-11+. The molecular formula is C14H26F3N2O3P. The molecule has 0 N–H and O–H groups in total. The van der Waals surface area contributed by atoms with E-state index in [4.69, 9.17) is 4.52 Å². The van der Waals surface area contributed by atoms with Crippen molar-refractivity contribution >= 4 is 14.4 Å². The molecule has 0 fully saturated rings. The van der Waals surface area contributed by atoms with Gasteiger partial charge >= 0.3 is 12.1 Å². The fourth-order valence-electron chi connectivity index (χ4n) is 1.76. The van der Waals surface area contributed by atoms with Gasteiger partial charge in [0.2, 0.25) is 14.2 Å². The van der Waals surface area contributed by atoms with Gasteiger partial charge < -0.3 is 9.26 Å². The molecule has 0 aromatic carbocycles. The van der Waals surface area contributed by atoms with Gasteiger partial charge in [-0.3, -0.25) is 0 Å². The first kappa shape index (κ1) is 22.1. The highest BCUT2D eigenvalue weighted by atomic mass is 31.2. The Bertz CT molecular complexity index is 372. The van der Waals surface area contributed by atoms with Gasteiger partial charge in [0.05, 0.1) is 12.7 Å². The normalized spacial score (nSPS) is 13.1. The summed E-state index contributed by atoms with van der Waals surface area (Å²) in [6, 6.07) is 0. The first-order valence-electron chi connectivity index (χ1n) is 7.68. The molecule has 0 aliphatic carbocycles.